The second-order valence-electron chi connectivity index (χ2n) is 5.46. The minimum atomic E-state index is 0.0802. The number of halogens is 1. The molecule has 1 unspecified atom stereocenters. The Balaban J connectivity index is 2.07. The monoisotopic (exact) mass is 380 g/mol. The van der Waals surface area contributed by atoms with E-state index in [2.05, 4.69) is 34.3 Å². The Labute approximate surface area is 157 Å². The quantitative estimate of drug-likeness (QED) is 0.317. The number of benzene rings is 1. The van der Waals surface area contributed by atoms with Gasteiger partial charge in [-0.15, -0.1) is 0 Å². The molecule has 0 spiro atoms. The van der Waals surface area contributed by atoms with Crippen molar-refractivity contribution in [1.82, 2.24) is 9.97 Å². The molecule has 0 amide bonds. The van der Waals surface area contributed by atoms with Crippen molar-refractivity contribution in [3.05, 3.63) is 35.4 Å². The average molecular weight is 381 g/mol. The van der Waals surface area contributed by atoms with Crippen LogP contribution in [0.4, 0.5) is 5.69 Å². The first-order chi connectivity index (χ1) is 12.0. The highest BCUT2D eigenvalue weighted by Crippen LogP contribution is 2.28. The SMILES string of the molecule is COc1cc(OC)nc(SC(/C=N/Nc2ccc(Cl)cc2)C(C)C)n1. The summed E-state index contributed by atoms with van der Waals surface area (Å²) in [5.41, 5.74) is 3.86. The van der Waals surface area contributed by atoms with Gasteiger partial charge in [0.05, 0.1) is 31.2 Å². The molecule has 2 rings (SSSR count). The molecule has 0 radical (unpaired) electrons. The van der Waals surface area contributed by atoms with Gasteiger partial charge in [0, 0.05) is 11.2 Å². The summed E-state index contributed by atoms with van der Waals surface area (Å²) in [6.07, 6.45) is 1.85. The van der Waals surface area contributed by atoms with Crippen LogP contribution >= 0.6 is 23.4 Å². The van der Waals surface area contributed by atoms with Gasteiger partial charge in [-0.25, -0.2) is 0 Å². The number of nitrogens with one attached hydrogen (secondary N) is 1. The Morgan fingerprint density at radius 1 is 1.12 bits per heavy atom. The summed E-state index contributed by atoms with van der Waals surface area (Å²) in [4.78, 5) is 8.70. The average Bonchev–Trinajstić information content (AvgIpc) is 2.62. The van der Waals surface area contributed by atoms with E-state index in [1.165, 1.54) is 11.8 Å². The van der Waals surface area contributed by atoms with E-state index >= 15 is 0 Å². The van der Waals surface area contributed by atoms with E-state index in [0.29, 0.717) is 27.9 Å². The Kier molecular flexibility index (Phi) is 7.33. The van der Waals surface area contributed by atoms with E-state index in [0.717, 1.165) is 5.69 Å². The molecule has 0 aliphatic heterocycles. The van der Waals surface area contributed by atoms with E-state index in [9.17, 15) is 0 Å². The highest BCUT2D eigenvalue weighted by atomic mass is 35.5. The van der Waals surface area contributed by atoms with Crippen molar-refractivity contribution in [3.63, 3.8) is 0 Å². The third kappa shape index (κ3) is 6.10. The molecule has 1 N–H and O–H groups in total. The number of hydrogen-bond donors (Lipinski definition) is 1. The molecular weight excluding hydrogens is 360 g/mol. The number of anilines is 1. The molecule has 0 aliphatic carbocycles. The predicted molar refractivity (Wildman–Crippen MR) is 103 cm³/mol. The maximum atomic E-state index is 5.87. The summed E-state index contributed by atoms with van der Waals surface area (Å²) in [6.45, 7) is 4.23. The van der Waals surface area contributed by atoms with E-state index in [4.69, 9.17) is 21.1 Å². The smallest absolute Gasteiger partial charge is 0.220 e. The van der Waals surface area contributed by atoms with Gasteiger partial charge in [0.2, 0.25) is 11.8 Å². The first kappa shape index (κ1) is 19.3. The third-order valence-electron chi connectivity index (χ3n) is 3.23. The summed E-state index contributed by atoms with van der Waals surface area (Å²) in [7, 11) is 3.13. The number of rotatable bonds is 8. The topological polar surface area (TPSA) is 68.6 Å². The minimum Gasteiger partial charge on any atom is -0.481 e. The molecule has 0 aliphatic rings. The Morgan fingerprint density at radius 2 is 1.72 bits per heavy atom. The zero-order valence-electron chi connectivity index (χ0n) is 14.6. The van der Waals surface area contributed by atoms with Crippen LogP contribution in [-0.2, 0) is 0 Å². The molecule has 1 heterocycles. The van der Waals surface area contributed by atoms with Gasteiger partial charge < -0.3 is 9.47 Å². The zero-order valence-corrected chi connectivity index (χ0v) is 16.1. The lowest BCUT2D eigenvalue weighted by Gasteiger charge is -2.15. The van der Waals surface area contributed by atoms with Gasteiger partial charge in [-0.05, 0) is 30.2 Å². The molecule has 1 aromatic heterocycles. The summed E-state index contributed by atoms with van der Waals surface area (Å²) in [5, 5.41) is 5.66. The normalized spacial score (nSPS) is 12.4. The van der Waals surface area contributed by atoms with Gasteiger partial charge in [0.1, 0.15) is 0 Å². The van der Waals surface area contributed by atoms with Crippen molar-refractivity contribution in [3.8, 4) is 11.8 Å². The second kappa shape index (κ2) is 9.48. The van der Waals surface area contributed by atoms with Crippen molar-refractivity contribution in [2.75, 3.05) is 19.6 Å². The standard InChI is InChI=1S/C17H21ClN4O2S/c1-11(2)14(10-19-22-13-7-5-12(18)6-8-13)25-17-20-15(23-3)9-16(21-17)24-4/h5-11,14,22H,1-4H3/b19-10+. The molecule has 25 heavy (non-hydrogen) atoms. The number of thioether (sulfide) groups is 1. The summed E-state index contributed by atoms with van der Waals surface area (Å²) in [5.74, 6) is 1.27. The molecular formula is C17H21ClN4O2S. The van der Waals surface area contributed by atoms with Crippen molar-refractivity contribution in [2.24, 2.45) is 11.0 Å². The van der Waals surface area contributed by atoms with Crippen molar-refractivity contribution >= 4 is 35.3 Å². The molecule has 0 saturated carbocycles. The number of methoxy groups -OCH3 is 2. The Morgan fingerprint density at radius 3 is 2.24 bits per heavy atom. The fourth-order valence-electron chi connectivity index (χ4n) is 1.82. The van der Waals surface area contributed by atoms with Crippen LogP contribution in [0.1, 0.15) is 13.8 Å². The molecule has 2 aromatic rings. The number of hydrazone groups is 1. The van der Waals surface area contributed by atoms with Gasteiger partial charge in [-0.3, -0.25) is 5.43 Å². The lowest BCUT2D eigenvalue weighted by Crippen LogP contribution is -2.14. The molecule has 0 bridgehead atoms. The lowest BCUT2D eigenvalue weighted by molar-refractivity contribution is 0.364. The van der Waals surface area contributed by atoms with E-state index in [1.54, 1.807) is 20.3 Å². The highest BCUT2D eigenvalue weighted by Gasteiger charge is 2.16. The fourth-order valence-corrected chi connectivity index (χ4v) is 2.86. The van der Waals surface area contributed by atoms with Crippen LogP contribution in [0.2, 0.25) is 5.02 Å². The number of hydrogen-bond acceptors (Lipinski definition) is 7. The predicted octanol–water partition coefficient (Wildman–Crippen LogP) is 4.36. The van der Waals surface area contributed by atoms with Crippen molar-refractivity contribution in [1.29, 1.82) is 0 Å². The van der Waals surface area contributed by atoms with E-state index in [1.807, 2.05) is 30.5 Å². The first-order valence-corrected chi connectivity index (χ1v) is 8.96. The largest absolute Gasteiger partial charge is 0.481 e. The van der Waals surface area contributed by atoms with Gasteiger partial charge in [-0.2, -0.15) is 15.1 Å². The number of aromatic nitrogens is 2. The van der Waals surface area contributed by atoms with Crippen LogP contribution in [0.15, 0.2) is 40.6 Å². The van der Waals surface area contributed by atoms with Crippen molar-refractivity contribution < 1.29 is 9.47 Å². The van der Waals surface area contributed by atoms with Gasteiger partial charge in [0.15, 0.2) is 5.16 Å². The Bertz CT molecular complexity index is 688. The summed E-state index contributed by atoms with van der Waals surface area (Å²) >= 11 is 7.37. The van der Waals surface area contributed by atoms with Crippen LogP contribution in [-0.4, -0.2) is 35.7 Å². The third-order valence-corrected chi connectivity index (χ3v) is 4.82. The Hall–Kier alpha value is -1.99. The maximum Gasteiger partial charge on any atom is 0.220 e. The van der Waals surface area contributed by atoms with Crippen LogP contribution in [0, 0.1) is 5.92 Å². The zero-order chi connectivity index (χ0) is 18.2. The van der Waals surface area contributed by atoms with Gasteiger partial charge >= 0.3 is 0 Å². The fraction of sp³-hybridized carbons (Fsp3) is 0.353. The minimum absolute atomic E-state index is 0.0802. The molecule has 134 valence electrons. The number of nitrogens with zero attached hydrogens (tertiary/aromatic N) is 3. The van der Waals surface area contributed by atoms with Crippen LogP contribution in [0.5, 0.6) is 11.8 Å². The second-order valence-corrected chi connectivity index (χ2v) is 7.04. The molecule has 1 atom stereocenters. The van der Waals surface area contributed by atoms with Gasteiger partial charge in [0.25, 0.3) is 0 Å². The van der Waals surface area contributed by atoms with Crippen LogP contribution < -0.4 is 14.9 Å². The van der Waals surface area contributed by atoms with Crippen molar-refractivity contribution in [2.45, 2.75) is 24.3 Å². The molecule has 0 fully saturated rings. The highest BCUT2D eigenvalue weighted by molar-refractivity contribution is 8.00. The maximum absolute atomic E-state index is 5.87. The number of ether oxygens (including phenoxy) is 2. The first-order valence-electron chi connectivity index (χ1n) is 7.70. The van der Waals surface area contributed by atoms with E-state index in [-0.39, 0.29) is 5.25 Å². The van der Waals surface area contributed by atoms with Crippen LogP contribution in [0.3, 0.4) is 0 Å². The molecule has 6 nitrogen and oxygen atoms in total. The van der Waals surface area contributed by atoms with Crippen LogP contribution in [0.25, 0.3) is 0 Å². The molecule has 0 saturated heterocycles. The van der Waals surface area contributed by atoms with E-state index < -0.39 is 0 Å². The molecule has 8 heteroatoms. The summed E-state index contributed by atoms with van der Waals surface area (Å²) in [6, 6.07) is 9.00. The summed E-state index contributed by atoms with van der Waals surface area (Å²) < 4.78 is 10.4. The van der Waals surface area contributed by atoms with Gasteiger partial charge in [-0.1, -0.05) is 37.2 Å². The molecule has 1 aromatic carbocycles. The lowest BCUT2D eigenvalue weighted by atomic mass is 10.1.